The van der Waals surface area contributed by atoms with Crippen LogP contribution in [0.1, 0.15) is 18.7 Å². The quantitative estimate of drug-likeness (QED) is 0.619. The topological polar surface area (TPSA) is 118 Å². The number of carbonyl (C=O) groups is 1. The minimum atomic E-state index is -3.85. The number of sulfonamides is 1. The molecular weight excluding hydrogens is 442 g/mol. The summed E-state index contributed by atoms with van der Waals surface area (Å²) in [6, 6.07) is 8.08. The normalized spacial score (nSPS) is 15.7. The van der Waals surface area contributed by atoms with Gasteiger partial charge in [-0.1, -0.05) is 16.8 Å². The highest BCUT2D eigenvalue weighted by Crippen LogP contribution is 2.31. The molecule has 1 aliphatic rings. The predicted octanol–water partition coefficient (Wildman–Crippen LogP) is 3.13. The molecule has 162 valence electrons. The third-order valence-corrected chi connectivity index (χ3v) is 7.47. The van der Waals surface area contributed by atoms with E-state index in [9.17, 15) is 13.2 Å². The number of nitrogens with one attached hydrogen (secondary N) is 1. The summed E-state index contributed by atoms with van der Waals surface area (Å²) in [5.41, 5.74) is 1.11. The highest BCUT2D eigenvalue weighted by molar-refractivity contribution is 7.89. The smallest absolute Gasteiger partial charge is 0.244 e. The molecule has 0 saturated carbocycles. The maximum atomic E-state index is 13.2. The Balaban J connectivity index is 1.47. The summed E-state index contributed by atoms with van der Waals surface area (Å²) in [5, 5.41) is 6.76. The van der Waals surface area contributed by atoms with Gasteiger partial charge in [-0.25, -0.2) is 8.42 Å². The molecule has 1 saturated heterocycles. The number of amides is 1. The first-order valence-electron chi connectivity index (χ1n) is 9.66. The summed E-state index contributed by atoms with van der Waals surface area (Å²) in [5.74, 6) is 0.241. The minimum Gasteiger partial charge on any atom is -0.339 e. The Bertz CT molecular complexity index is 1190. The molecule has 1 N–H and O–H groups in total. The second-order valence-corrected chi connectivity index (χ2v) is 9.51. The van der Waals surface area contributed by atoms with Gasteiger partial charge < -0.3 is 9.84 Å². The predicted molar refractivity (Wildman–Crippen MR) is 114 cm³/mol. The summed E-state index contributed by atoms with van der Waals surface area (Å²) in [7, 11) is -3.85. The van der Waals surface area contributed by atoms with Crippen molar-refractivity contribution in [2.75, 3.05) is 18.4 Å². The van der Waals surface area contributed by atoms with Gasteiger partial charge in [0.15, 0.2) is 0 Å². The molecule has 0 unspecified atom stereocenters. The monoisotopic (exact) mass is 461 g/mol. The summed E-state index contributed by atoms with van der Waals surface area (Å²) in [4.78, 5) is 20.6. The average molecular weight is 462 g/mol. The molecule has 0 radical (unpaired) electrons. The van der Waals surface area contributed by atoms with Gasteiger partial charge in [0.25, 0.3) is 0 Å². The zero-order valence-electron chi connectivity index (χ0n) is 16.7. The van der Waals surface area contributed by atoms with E-state index in [-0.39, 0.29) is 40.7 Å². The van der Waals surface area contributed by atoms with Gasteiger partial charge >= 0.3 is 0 Å². The lowest BCUT2D eigenvalue weighted by Gasteiger charge is -2.30. The number of nitrogens with zero attached hydrogens (tertiary/aromatic N) is 4. The van der Waals surface area contributed by atoms with Crippen molar-refractivity contribution in [3.63, 3.8) is 0 Å². The van der Waals surface area contributed by atoms with Crippen molar-refractivity contribution >= 4 is 33.2 Å². The Morgan fingerprint density at radius 1 is 1.26 bits per heavy atom. The number of aryl methyl sites for hydroxylation is 1. The highest BCUT2D eigenvalue weighted by Gasteiger charge is 2.33. The molecule has 0 spiro atoms. The number of halogens is 1. The number of aromatic nitrogens is 3. The lowest BCUT2D eigenvalue weighted by atomic mass is 9.97. The molecule has 0 bridgehead atoms. The van der Waals surface area contributed by atoms with E-state index in [1.54, 1.807) is 37.5 Å². The average Bonchev–Trinajstić information content (AvgIpc) is 3.21. The van der Waals surface area contributed by atoms with Gasteiger partial charge in [-0.15, -0.1) is 0 Å². The van der Waals surface area contributed by atoms with Crippen molar-refractivity contribution in [3.8, 4) is 11.4 Å². The van der Waals surface area contributed by atoms with E-state index in [1.165, 1.54) is 16.4 Å². The maximum absolute atomic E-state index is 13.2. The highest BCUT2D eigenvalue weighted by atomic mass is 35.5. The van der Waals surface area contributed by atoms with Crippen LogP contribution in [0.25, 0.3) is 11.4 Å². The second kappa shape index (κ2) is 8.74. The van der Waals surface area contributed by atoms with Gasteiger partial charge in [-0.05, 0) is 43.2 Å². The molecule has 0 atom stereocenters. The van der Waals surface area contributed by atoms with Crippen molar-refractivity contribution in [1.29, 1.82) is 0 Å². The Labute approximate surface area is 184 Å². The second-order valence-electron chi connectivity index (χ2n) is 7.19. The molecule has 1 aromatic carbocycles. The number of hydrogen-bond acceptors (Lipinski definition) is 7. The molecule has 4 rings (SSSR count). The first kappa shape index (κ1) is 21.4. The summed E-state index contributed by atoms with van der Waals surface area (Å²) >= 11 is 6.22. The SMILES string of the molecule is Cc1nc(-c2ccc(Cl)c(S(=O)(=O)N3CCC(C(=O)Nc4cccnc4)CC3)c2)no1. The van der Waals surface area contributed by atoms with Crippen molar-refractivity contribution in [3.05, 3.63) is 53.6 Å². The van der Waals surface area contributed by atoms with Crippen molar-refractivity contribution in [1.82, 2.24) is 19.4 Å². The lowest BCUT2D eigenvalue weighted by molar-refractivity contribution is -0.120. The number of anilines is 1. The number of piperidine rings is 1. The Morgan fingerprint density at radius 3 is 2.68 bits per heavy atom. The van der Waals surface area contributed by atoms with Gasteiger partial charge in [0.1, 0.15) is 4.90 Å². The first-order chi connectivity index (χ1) is 14.8. The number of benzene rings is 1. The Morgan fingerprint density at radius 2 is 2.03 bits per heavy atom. The van der Waals surface area contributed by atoms with Crippen LogP contribution in [0, 0.1) is 12.8 Å². The van der Waals surface area contributed by atoms with Crippen molar-refractivity contribution < 1.29 is 17.7 Å². The van der Waals surface area contributed by atoms with Crippen LogP contribution in [0.2, 0.25) is 5.02 Å². The van der Waals surface area contributed by atoms with Crippen LogP contribution in [0.15, 0.2) is 52.1 Å². The van der Waals surface area contributed by atoms with E-state index < -0.39 is 10.0 Å². The van der Waals surface area contributed by atoms with Crippen LogP contribution in [-0.4, -0.2) is 46.8 Å². The minimum absolute atomic E-state index is 0.0209. The zero-order valence-corrected chi connectivity index (χ0v) is 18.2. The largest absolute Gasteiger partial charge is 0.339 e. The molecule has 9 nitrogen and oxygen atoms in total. The molecule has 1 aliphatic heterocycles. The molecule has 1 fully saturated rings. The first-order valence-corrected chi connectivity index (χ1v) is 11.5. The Kier molecular flexibility index (Phi) is 6.03. The van der Waals surface area contributed by atoms with Gasteiger partial charge in [-0.3, -0.25) is 9.78 Å². The summed E-state index contributed by atoms with van der Waals surface area (Å²) in [6.45, 7) is 2.09. The van der Waals surface area contributed by atoms with Crippen LogP contribution < -0.4 is 5.32 Å². The van der Waals surface area contributed by atoms with Crippen LogP contribution in [0.5, 0.6) is 0 Å². The molecule has 0 aliphatic carbocycles. The molecular formula is C20H20ClN5O4S. The number of carbonyl (C=O) groups excluding carboxylic acids is 1. The lowest BCUT2D eigenvalue weighted by Crippen LogP contribution is -2.41. The van der Waals surface area contributed by atoms with E-state index >= 15 is 0 Å². The van der Waals surface area contributed by atoms with Crippen LogP contribution >= 0.6 is 11.6 Å². The molecule has 31 heavy (non-hydrogen) atoms. The number of pyridine rings is 1. The van der Waals surface area contributed by atoms with Crippen molar-refractivity contribution in [2.45, 2.75) is 24.7 Å². The third-order valence-electron chi connectivity index (χ3n) is 5.09. The fourth-order valence-electron chi connectivity index (χ4n) is 3.44. The number of rotatable bonds is 5. The Hall–Kier alpha value is -2.82. The third kappa shape index (κ3) is 4.60. The van der Waals surface area contributed by atoms with Gasteiger partial charge in [0.2, 0.25) is 27.6 Å². The number of hydrogen-bond donors (Lipinski definition) is 1. The van der Waals surface area contributed by atoms with Gasteiger partial charge in [0.05, 0.1) is 16.9 Å². The summed E-state index contributed by atoms with van der Waals surface area (Å²) < 4.78 is 32.8. The standard InChI is InChI=1S/C20H20ClN5O4S/c1-13-23-19(25-30-13)15-4-5-17(21)18(11-15)31(28,29)26-9-6-14(7-10-26)20(27)24-16-3-2-8-22-12-16/h2-5,8,11-12,14H,6-7,9-10H2,1H3,(H,24,27). The van der Waals surface area contributed by atoms with Crippen molar-refractivity contribution in [2.24, 2.45) is 5.92 Å². The molecule has 11 heteroatoms. The van der Waals surface area contributed by atoms with Gasteiger partial charge in [0, 0.05) is 37.7 Å². The fourth-order valence-corrected chi connectivity index (χ4v) is 5.41. The van der Waals surface area contributed by atoms with E-state index in [0.29, 0.717) is 30.0 Å². The van der Waals surface area contributed by atoms with E-state index in [0.717, 1.165) is 0 Å². The van der Waals surface area contributed by atoms with Crippen LogP contribution in [0.4, 0.5) is 5.69 Å². The summed E-state index contributed by atoms with van der Waals surface area (Å²) in [6.07, 6.45) is 4.01. The molecule has 3 aromatic rings. The van der Waals surface area contributed by atoms with Crippen LogP contribution in [0.3, 0.4) is 0 Å². The van der Waals surface area contributed by atoms with E-state index in [4.69, 9.17) is 16.1 Å². The fraction of sp³-hybridized carbons (Fsp3) is 0.300. The van der Waals surface area contributed by atoms with Crippen LogP contribution in [-0.2, 0) is 14.8 Å². The van der Waals surface area contributed by atoms with Gasteiger partial charge in [-0.2, -0.15) is 9.29 Å². The van der Waals surface area contributed by atoms with E-state index in [1.807, 2.05) is 0 Å². The zero-order chi connectivity index (χ0) is 22.0. The molecule has 1 amide bonds. The maximum Gasteiger partial charge on any atom is 0.244 e. The van der Waals surface area contributed by atoms with E-state index in [2.05, 4.69) is 20.4 Å². The molecule has 3 heterocycles. The molecule has 2 aromatic heterocycles.